The van der Waals surface area contributed by atoms with E-state index >= 15 is 0 Å². The van der Waals surface area contributed by atoms with Crippen molar-refractivity contribution >= 4 is 40.6 Å². The largest absolute Gasteiger partial charge is 0.444 e. The van der Waals surface area contributed by atoms with Gasteiger partial charge < -0.3 is 20.7 Å². The number of pyridine rings is 2. The molecule has 0 saturated carbocycles. The van der Waals surface area contributed by atoms with Gasteiger partial charge in [-0.15, -0.1) is 5.10 Å². The average molecular weight is 503 g/mol. The van der Waals surface area contributed by atoms with Crippen molar-refractivity contribution in [3.05, 3.63) is 54.0 Å². The summed E-state index contributed by atoms with van der Waals surface area (Å²) in [5.41, 5.74) is 9.49. The van der Waals surface area contributed by atoms with Crippen LogP contribution in [-0.2, 0) is 4.74 Å². The van der Waals surface area contributed by atoms with Crippen LogP contribution < -0.4 is 11.1 Å². The zero-order valence-corrected chi connectivity index (χ0v) is 22.0. The lowest BCUT2D eigenvalue weighted by atomic mass is 10.1. The summed E-state index contributed by atoms with van der Waals surface area (Å²) in [6.07, 6.45) is 7.21. The topological polar surface area (TPSA) is 132 Å². The minimum Gasteiger partial charge on any atom is -0.444 e. The fourth-order valence-corrected chi connectivity index (χ4v) is 3.88. The Hall–Kier alpha value is -4.08. The highest BCUT2D eigenvalue weighted by Crippen LogP contribution is 2.22. The van der Waals surface area contributed by atoms with Crippen LogP contribution in [0.2, 0.25) is 0 Å². The number of amides is 1. The molecule has 10 nitrogen and oxygen atoms in total. The van der Waals surface area contributed by atoms with Gasteiger partial charge in [-0.25, -0.2) is 9.78 Å². The van der Waals surface area contributed by atoms with Crippen LogP contribution in [0.1, 0.15) is 58.1 Å². The van der Waals surface area contributed by atoms with Gasteiger partial charge in [-0.2, -0.15) is 5.10 Å². The lowest BCUT2D eigenvalue weighted by molar-refractivity contribution is 0.0293. The van der Waals surface area contributed by atoms with E-state index in [-0.39, 0.29) is 12.1 Å². The summed E-state index contributed by atoms with van der Waals surface area (Å²) in [7, 11) is 0. The second-order valence-electron chi connectivity index (χ2n) is 10.4. The van der Waals surface area contributed by atoms with Crippen molar-refractivity contribution in [3.63, 3.8) is 0 Å². The third kappa shape index (κ3) is 6.78. The summed E-state index contributed by atoms with van der Waals surface area (Å²) in [4.78, 5) is 27.9. The highest BCUT2D eigenvalue weighted by atomic mass is 16.6. The smallest absolute Gasteiger partial charge is 0.410 e. The van der Waals surface area contributed by atoms with E-state index in [1.165, 1.54) is 6.20 Å². The molecule has 1 amide bonds. The van der Waals surface area contributed by atoms with Crippen molar-refractivity contribution in [1.82, 2.24) is 25.1 Å². The standard InChI is InChI=1S/C27H34N8O2/c1-17(2)18-11-25(34-31-15-18)33-24-7-6-22-23(32-24)10-19(13-30-22)20(12-28)14-29-21-8-9-35(16-21)26(36)37-27(3,4)5/h6-7,10-15,17,21H,8-9,16,28H2,1-5H3,(H,32,33,34). The number of carbonyl (C=O) groups is 1. The minimum atomic E-state index is -0.522. The number of nitrogens with two attached hydrogens (primary N) is 1. The number of nitrogens with zero attached hydrogens (tertiary/aromatic N) is 6. The molecule has 0 aliphatic carbocycles. The van der Waals surface area contributed by atoms with E-state index in [9.17, 15) is 4.79 Å². The van der Waals surface area contributed by atoms with Gasteiger partial charge in [0.15, 0.2) is 5.82 Å². The van der Waals surface area contributed by atoms with Crippen LogP contribution in [0.15, 0.2) is 47.9 Å². The van der Waals surface area contributed by atoms with Crippen molar-refractivity contribution in [2.75, 3.05) is 18.4 Å². The van der Waals surface area contributed by atoms with Gasteiger partial charge in [0.2, 0.25) is 0 Å². The normalized spacial score (nSPS) is 16.6. The van der Waals surface area contributed by atoms with Crippen molar-refractivity contribution in [2.45, 2.75) is 58.6 Å². The van der Waals surface area contributed by atoms with Crippen molar-refractivity contribution in [1.29, 1.82) is 0 Å². The summed E-state index contributed by atoms with van der Waals surface area (Å²) in [5, 5.41) is 11.5. The van der Waals surface area contributed by atoms with E-state index in [1.807, 2.05) is 45.0 Å². The zero-order valence-electron chi connectivity index (χ0n) is 22.0. The highest BCUT2D eigenvalue weighted by Gasteiger charge is 2.29. The Kier molecular flexibility index (Phi) is 7.66. The van der Waals surface area contributed by atoms with E-state index in [2.05, 4.69) is 39.3 Å². The molecular formula is C27H34N8O2. The maximum atomic E-state index is 12.3. The average Bonchev–Trinajstić information content (AvgIpc) is 3.33. The number of carbonyl (C=O) groups excluding carboxylic acids is 1. The number of nitrogens with one attached hydrogen (secondary N) is 1. The molecule has 1 aliphatic rings. The molecule has 1 fully saturated rings. The van der Waals surface area contributed by atoms with Crippen LogP contribution in [0.5, 0.6) is 0 Å². The summed E-state index contributed by atoms with van der Waals surface area (Å²) in [6, 6.07) is 7.63. The number of aromatic nitrogens is 4. The molecule has 4 rings (SSSR count). The molecule has 3 aromatic heterocycles. The second-order valence-corrected chi connectivity index (χ2v) is 10.4. The quantitative estimate of drug-likeness (QED) is 0.465. The number of allylic oxidation sites excluding steroid dienone is 1. The summed E-state index contributed by atoms with van der Waals surface area (Å²) in [5.74, 6) is 1.62. The van der Waals surface area contributed by atoms with Gasteiger partial charge in [0.25, 0.3) is 0 Å². The van der Waals surface area contributed by atoms with Crippen LogP contribution >= 0.6 is 0 Å². The van der Waals surface area contributed by atoms with Crippen molar-refractivity contribution in [3.8, 4) is 0 Å². The maximum Gasteiger partial charge on any atom is 0.410 e. The lowest BCUT2D eigenvalue weighted by Crippen LogP contribution is -2.35. The predicted octanol–water partition coefficient (Wildman–Crippen LogP) is 4.67. The number of aliphatic imine (C=N–C) groups is 1. The Morgan fingerprint density at radius 3 is 2.76 bits per heavy atom. The van der Waals surface area contributed by atoms with E-state index in [0.717, 1.165) is 28.6 Å². The van der Waals surface area contributed by atoms with Gasteiger partial charge in [-0.3, -0.25) is 9.98 Å². The molecule has 1 atom stereocenters. The minimum absolute atomic E-state index is 0.0208. The van der Waals surface area contributed by atoms with Gasteiger partial charge >= 0.3 is 6.09 Å². The second kappa shape index (κ2) is 10.9. The van der Waals surface area contributed by atoms with Crippen LogP contribution in [0.25, 0.3) is 16.6 Å². The Morgan fingerprint density at radius 2 is 2.03 bits per heavy atom. The Bertz CT molecular complexity index is 1330. The Balaban J connectivity index is 1.47. The maximum absolute atomic E-state index is 12.3. The number of ether oxygens (including phenoxy) is 1. The van der Waals surface area contributed by atoms with Crippen LogP contribution in [0, 0.1) is 0 Å². The zero-order chi connectivity index (χ0) is 26.6. The Morgan fingerprint density at radius 1 is 1.22 bits per heavy atom. The number of likely N-dealkylation sites (tertiary alicyclic amines) is 1. The Labute approximate surface area is 217 Å². The van der Waals surface area contributed by atoms with Crippen LogP contribution in [0.3, 0.4) is 0 Å². The van der Waals surface area contributed by atoms with E-state index in [1.54, 1.807) is 23.5 Å². The van der Waals surface area contributed by atoms with Crippen LogP contribution in [0.4, 0.5) is 16.4 Å². The van der Waals surface area contributed by atoms with Crippen molar-refractivity contribution in [2.24, 2.45) is 10.7 Å². The molecule has 1 unspecified atom stereocenters. The van der Waals surface area contributed by atoms with Crippen LogP contribution in [-0.4, -0.2) is 62.1 Å². The third-order valence-electron chi connectivity index (χ3n) is 5.89. The first-order chi connectivity index (χ1) is 17.6. The molecule has 1 saturated heterocycles. The molecule has 4 heterocycles. The van der Waals surface area contributed by atoms with E-state index in [0.29, 0.717) is 36.2 Å². The summed E-state index contributed by atoms with van der Waals surface area (Å²) >= 11 is 0. The first-order valence-electron chi connectivity index (χ1n) is 12.4. The third-order valence-corrected chi connectivity index (χ3v) is 5.89. The molecule has 0 radical (unpaired) electrons. The summed E-state index contributed by atoms with van der Waals surface area (Å²) < 4.78 is 5.47. The first-order valence-corrected chi connectivity index (χ1v) is 12.4. The molecule has 37 heavy (non-hydrogen) atoms. The molecule has 10 heteroatoms. The van der Waals surface area contributed by atoms with E-state index in [4.69, 9.17) is 15.5 Å². The first kappa shape index (κ1) is 26.0. The molecule has 194 valence electrons. The van der Waals surface area contributed by atoms with Gasteiger partial charge in [-0.05, 0) is 62.9 Å². The molecule has 3 aromatic rings. The molecular weight excluding hydrogens is 468 g/mol. The van der Waals surface area contributed by atoms with Gasteiger partial charge in [-0.1, -0.05) is 13.8 Å². The van der Waals surface area contributed by atoms with Gasteiger partial charge in [0, 0.05) is 42.8 Å². The van der Waals surface area contributed by atoms with Gasteiger partial charge in [0.1, 0.15) is 11.4 Å². The molecule has 0 spiro atoms. The predicted molar refractivity (Wildman–Crippen MR) is 146 cm³/mol. The molecule has 1 aliphatic heterocycles. The van der Waals surface area contributed by atoms with Crippen molar-refractivity contribution < 1.29 is 9.53 Å². The number of anilines is 2. The summed E-state index contributed by atoms with van der Waals surface area (Å²) in [6.45, 7) is 10.9. The number of hydrogen-bond donors (Lipinski definition) is 2. The number of rotatable bonds is 6. The lowest BCUT2D eigenvalue weighted by Gasteiger charge is -2.24. The highest BCUT2D eigenvalue weighted by molar-refractivity contribution is 6.10. The van der Waals surface area contributed by atoms with E-state index < -0.39 is 5.60 Å². The molecule has 0 aromatic carbocycles. The number of fused-ring (bicyclic) bond motifs is 1. The fourth-order valence-electron chi connectivity index (χ4n) is 3.88. The molecule has 3 N–H and O–H groups in total. The monoisotopic (exact) mass is 502 g/mol. The fraction of sp³-hybridized carbons (Fsp3) is 0.407. The van der Waals surface area contributed by atoms with Gasteiger partial charge in [0.05, 0.1) is 23.3 Å². The SMILES string of the molecule is CC(C)c1cnnc(Nc2ccc3ncc(C(C=NC4CCN(C(=O)OC(C)(C)C)C4)=CN)cc3n2)c1. The number of hydrogen-bond acceptors (Lipinski definition) is 9. The molecule has 0 bridgehead atoms.